The van der Waals surface area contributed by atoms with E-state index in [0.29, 0.717) is 0 Å². The fourth-order valence-electron chi connectivity index (χ4n) is 3.71. The Morgan fingerprint density at radius 3 is 2.77 bits per heavy atom. The summed E-state index contributed by atoms with van der Waals surface area (Å²) in [6, 6.07) is 16.6. The summed E-state index contributed by atoms with van der Waals surface area (Å²) in [6.07, 6.45) is 0. The average Bonchev–Trinajstić information content (AvgIpc) is 3.23. The van der Waals surface area contributed by atoms with Crippen LogP contribution >= 0.6 is 23.1 Å². The SMILES string of the molecule is O=C1c2ccccc2C2(c3csc4ccccc34)SCCN12. The number of fused-ring (bicyclic) bond motifs is 4. The van der Waals surface area contributed by atoms with Crippen molar-refractivity contribution in [2.75, 3.05) is 12.3 Å². The lowest BCUT2D eigenvalue weighted by atomic mass is 9.96. The number of benzene rings is 2. The number of carbonyl (C=O) groups excluding carboxylic acids is 1. The van der Waals surface area contributed by atoms with Crippen LogP contribution in [0.2, 0.25) is 0 Å². The van der Waals surface area contributed by atoms with E-state index in [4.69, 9.17) is 0 Å². The summed E-state index contributed by atoms with van der Waals surface area (Å²) in [5.74, 6) is 1.17. The van der Waals surface area contributed by atoms with Crippen molar-refractivity contribution in [1.82, 2.24) is 4.90 Å². The lowest BCUT2D eigenvalue weighted by molar-refractivity contribution is 0.0754. The zero-order valence-corrected chi connectivity index (χ0v) is 13.4. The minimum absolute atomic E-state index is 0.177. The van der Waals surface area contributed by atoms with E-state index in [1.807, 2.05) is 30.0 Å². The molecule has 4 heteroatoms. The van der Waals surface area contributed by atoms with Gasteiger partial charge in [-0.1, -0.05) is 36.4 Å². The van der Waals surface area contributed by atoms with Gasteiger partial charge in [0.15, 0.2) is 0 Å². The van der Waals surface area contributed by atoms with Gasteiger partial charge in [-0.05, 0) is 22.9 Å². The Bertz CT molecular complexity index is 916. The van der Waals surface area contributed by atoms with Crippen LogP contribution in [0.1, 0.15) is 21.5 Å². The monoisotopic (exact) mass is 323 g/mol. The molecule has 2 nitrogen and oxygen atoms in total. The van der Waals surface area contributed by atoms with Crippen molar-refractivity contribution in [3.8, 4) is 0 Å². The topological polar surface area (TPSA) is 20.3 Å². The molecule has 0 N–H and O–H groups in total. The molecule has 3 heterocycles. The quantitative estimate of drug-likeness (QED) is 0.665. The standard InChI is InChI=1S/C18H13NOS2/c20-17-13-6-1-3-7-14(13)18(19(17)9-10-22-18)15-11-21-16-8-4-2-5-12(15)16/h1-8,11H,9-10H2. The molecule has 0 radical (unpaired) electrons. The first-order chi connectivity index (χ1) is 10.8. The fourth-order valence-corrected chi connectivity index (χ4v) is 6.34. The molecule has 1 fully saturated rings. The predicted molar refractivity (Wildman–Crippen MR) is 92.5 cm³/mol. The smallest absolute Gasteiger partial charge is 0.255 e. The molecule has 2 aliphatic rings. The third-order valence-electron chi connectivity index (χ3n) is 4.62. The zero-order chi connectivity index (χ0) is 14.7. The summed E-state index contributed by atoms with van der Waals surface area (Å²) in [4.78, 5) is 14.6. The van der Waals surface area contributed by atoms with E-state index in [2.05, 4.69) is 40.6 Å². The van der Waals surface area contributed by atoms with Gasteiger partial charge in [-0.2, -0.15) is 0 Å². The van der Waals surface area contributed by atoms with Crippen LogP contribution in [0.3, 0.4) is 0 Å². The van der Waals surface area contributed by atoms with Crippen molar-refractivity contribution in [2.45, 2.75) is 4.87 Å². The second kappa shape index (κ2) is 4.37. The van der Waals surface area contributed by atoms with E-state index in [1.165, 1.54) is 15.6 Å². The molecule has 0 aliphatic carbocycles. The molecule has 1 amide bonds. The highest BCUT2D eigenvalue weighted by Gasteiger charge is 2.54. The molecule has 3 aromatic rings. The molecular formula is C18H13NOS2. The molecule has 1 saturated heterocycles. The first-order valence-electron chi connectivity index (χ1n) is 7.34. The second-order valence-corrected chi connectivity index (χ2v) is 7.84. The average molecular weight is 323 g/mol. The molecule has 2 aromatic carbocycles. The highest BCUT2D eigenvalue weighted by molar-refractivity contribution is 8.00. The highest BCUT2D eigenvalue weighted by atomic mass is 32.2. The Hall–Kier alpha value is -1.78. The van der Waals surface area contributed by atoms with Crippen LogP contribution in [0.5, 0.6) is 0 Å². The molecule has 0 bridgehead atoms. The summed E-state index contributed by atoms with van der Waals surface area (Å²) < 4.78 is 1.29. The van der Waals surface area contributed by atoms with E-state index in [0.717, 1.165) is 23.4 Å². The number of thioether (sulfide) groups is 1. The molecule has 0 saturated carbocycles. The Balaban J connectivity index is 1.87. The minimum Gasteiger partial charge on any atom is -0.315 e. The van der Waals surface area contributed by atoms with E-state index >= 15 is 0 Å². The maximum Gasteiger partial charge on any atom is 0.255 e. The molecular weight excluding hydrogens is 310 g/mol. The number of carbonyl (C=O) groups is 1. The lowest BCUT2D eigenvalue weighted by Crippen LogP contribution is -2.37. The highest BCUT2D eigenvalue weighted by Crippen LogP contribution is 2.57. The lowest BCUT2D eigenvalue weighted by Gasteiger charge is -2.32. The number of nitrogens with zero attached hydrogens (tertiary/aromatic N) is 1. The Labute approximate surface area is 136 Å². The van der Waals surface area contributed by atoms with Crippen molar-refractivity contribution >= 4 is 39.1 Å². The van der Waals surface area contributed by atoms with Gasteiger partial charge in [0.05, 0.1) is 0 Å². The molecule has 2 aliphatic heterocycles. The summed E-state index contributed by atoms with van der Waals surface area (Å²) in [7, 11) is 0. The van der Waals surface area contributed by atoms with Crippen LogP contribution in [0, 0.1) is 0 Å². The van der Waals surface area contributed by atoms with Crippen LogP contribution in [-0.2, 0) is 4.87 Å². The van der Waals surface area contributed by atoms with E-state index in [9.17, 15) is 4.79 Å². The minimum atomic E-state index is -0.326. The van der Waals surface area contributed by atoms with Gasteiger partial charge in [-0.25, -0.2) is 0 Å². The van der Waals surface area contributed by atoms with Crippen LogP contribution in [0.25, 0.3) is 10.1 Å². The van der Waals surface area contributed by atoms with Crippen LogP contribution in [0.4, 0.5) is 0 Å². The van der Waals surface area contributed by atoms with Crippen molar-refractivity contribution < 1.29 is 4.79 Å². The van der Waals surface area contributed by atoms with Crippen molar-refractivity contribution in [2.24, 2.45) is 0 Å². The van der Waals surface area contributed by atoms with Crippen molar-refractivity contribution in [3.05, 3.63) is 70.6 Å². The first kappa shape index (κ1) is 12.7. The molecule has 22 heavy (non-hydrogen) atoms. The van der Waals surface area contributed by atoms with Gasteiger partial charge < -0.3 is 4.90 Å². The van der Waals surface area contributed by atoms with Crippen molar-refractivity contribution in [1.29, 1.82) is 0 Å². The maximum atomic E-state index is 12.8. The molecule has 5 rings (SSSR count). The number of thiophene rings is 1. The zero-order valence-electron chi connectivity index (χ0n) is 11.8. The van der Waals surface area contributed by atoms with E-state index in [1.54, 1.807) is 11.3 Å². The third kappa shape index (κ3) is 1.40. The van der Waals surface area contributed by atoms with Gasteiger partial charge in [0.1, 0.15) is 4.87 Å². The maximum absolute atomic E-state index is 12.8. The van der Waals surface area contributed by atoms with Gasteiger partial charge in [0, 0.05) is 33.7 Å². The molecule has 0 spiro atoms. The van der Waals surface area contributed by atoms with Gasteiger partial charge in [0.25, 0.3) is 5.91 Å². The Kier molecular flexibility index (Phi) is 2.53. The Morgan fingerprint density at radius 2 is 1.82 bits per heavy atom. The molecule has 1 atom stereocenters. The third-order valence-corrected chi connectivity index (χ3v) is 7.05. The number of amides is 1. The molecule has 108 valence electrons. The van der Waals surface area contributed by atoms with Gasteiger partial charge >= 0.3 is 0 Å². The van der Waals surface area contributed by atoms with Crippen LogP contribution in [-0.4, -0.2) is 23.1 Å². The predicted octanol–water partition coefficient (Wildman–Crippen LogP) is 4.31. The number of rotatable bonds is 1. The summed E-state index contributed by atoms with van der Waals surface area (Å²) in [6.45, 7) is 0.822. The number of hydrogen-bond donors (Lipinski definition) is 0. The van der Waals surface area contributed by atoms with E-state index in [-0.39, 0.29) is 10.8 Å². The molecule has 1 unspecified atom stereocenters. The van der Waals surface area contributed by atoms with Crippen LogP contribution in [0.15, 0.2) is 53.9 Å². The fraction of sp³-hybridized carbons (Fsp3) is 0.167. The van der Waals surface area contributed by atoms with Gasteiger partial charge in [-0.15, -0.1) is 23.1 Å². The van der Waals surface area contributed by atoms with Crippen molar-refractivity contribution in [3.63, 3.8) is 0 Å². The second-order valence-electron chi connectivity index (χ2n) is 5.64. The summed E-state index contributed by atoms with van der Waals surface area (Å²) >= 11 is 3.66. The Morgan fingerprint density at radius 1 is 1.00 bits per heavy atom. The number of hydrogen-bond acceptors (Lipinski definition) is 3. The van der Waals surface area contributed by atoms with Crippen LogP contribution < -0.4 is 0 Å². The van der Waals surface area contributed by atoms with E-state index < -0.39 is 0 Å². The summed E-state index contributed by atoms with van der Waals surface area (Å²) in [5, 5.41) is 3.52. The first-order valence-corrected chi connectivity index (χ1v) is 9.21. The molecule has 1 aromatic heterocycles. The normalized spacial score (nSPS) is 23.1. The van der Waals surface area contributed by atoms with Gasteiger partial charge in [-0.3, -0.25) is 4.79 Å². The largest absolute Gasteiger partial charge is 0.315 e. The summed E-state index contributed by atoms with van der Waals surface area (Å²) in [5.41, 5.74) is 3.30. The van der Waals surface area contributed by atoms with Gasteiger partial charge in [0.2, 0.25) is 0 Å².